The maximum atomic E-state index is 13.6. The van der Waals surface area contributed by atoms with Gasteiger partial charge in [-0.2, -0.15) is 4.31 Å². The third-order valence-corrected chi connectivity index (χ3v) is 8.12. The van der Waals surface area contributed by atoms with Crippen molar-refractivity contribution in [1.82, 2.24) is 14.5 Å². The molecular weight excluding hydrogens is 405 g/mol. The summed E-state index contributed by atoms with van der Waals surface area (Å²) in [5, 5.41) is 8.78. The molecule has 162 valence electrons. The fourth-order valence-electron chi connectivity index (χ4n) is 4.04. The van der Waals surface area contributed by atoms with Crippen molar-refractivity contribution in [2.24, 2.45) is 5.92 Å². The minimum atomic E-state index is -3.72. The van der Waals surface area contributed by atoms with Crippen LogP contribution < -0.4 is 9.80 Å². The second-order valence-electron chi connectivity index (χ2n) is 8.22. The summed E-state index contributed by atoms with van der Waals surface area (Å²) < 4.78 is 40.9. The van der Waals surface area contributed by atoms with Crippen molar-refractivity contribution < 1.29 is 12.8 Å². The summed E-state index contributed by atoms with van der Waals surface area (Å²) in [7, 11) is -3.72. The molecule has 0 unspecified atom stereocenters. The summed E-state index contributed by atoms with van der Waals surface area (Å²) in [5.41, 5.74) is 0.549. The first-order valence-electron chi connectivity index (χ1n) is 10.4. The van der Waals surface area contributed by atoms with Crippen molar-refractivity contribution in [3.63, 3.8) is 0 Å². The minimum absolute atomic E-state index is 0.0379. The molecular formula is C21H28FN5O2S. The first-order chi connectivity index (χ1) is 14.3. The molecule has 1 aromatic carbocycles. The van der Waals surface area contributed by atoms with Gasteiger partial charge in [0.05, 0.1) is 4.90 Å². The average molecular weight is 434 g/mol. The van der Waals surface area contributed by atoms with Crippen LogP contribution in [0.1, 0.15) is 25.3 Å². The zero-order valence-corrected chi connectivity index (χ0v) is 18.3. The summed E-state index contributed by atoms with van der Waals surface area (Å²) >= 11 is 0. The number of piperazine rings is 1. The standard InChI is InChI=1S/C21H28FN5O2S/c1-16-7-9-25(10-8-16)20-5-6-21(24-23-20)26-11-13-27(14-12-26)30(28,29)19-15-18(22)4-3-17(19)2/h3-6,15-16H,7-14H2,1-2H3. The maximum absolute atomic E-state index is 13.6. The van der Waals surface area contributed by atoms with Crippen LogP contribution in [0.15, 0.2) is 35.2 Å². The monoisotopic (exact) mass is 433 g/mol. The quantitative estimate of drug-likeness (QED) is 0.738. The Morgan fingerprint density at radius 2 is 1.47 bits per heavy atom. The molecule has 0 saturated carbocycles. The molecule has 0 N–H and O–H groups in total. The van der Waals surface area contributed by atoms with Gasteiger partial charge in [0.25, 0.3) is 0 Å². The number of sulfonamides is 1. The van der Waals surface area contributed by atoms with Crippen molar-refractivity contribution in [3.05, 3.63) is 41.7 Å². The van der Waals surface area contributed by atoms with Gasteiger partial charge in [0.1, 0.15) is 5.82 Å². The third kappa shape index (κ3) is 4.27. The Morgan fingerprint density at radius 3 is 2.03 bits per heavy atom. The van der Waals surface area contributed by atoms with Crippen LogP contribution in [0.3, 0.4) is 0 Å². The van der Waals surface area contributed by atoms with E-state index in [1.54, 1.807) is 6.92 Å². The van der Waals surface area contributed by atoms with E-state index in [1.165, 1.54) is 29.3 Å². The number of aromatic nitrogens is 2. The summed E-state index contributed by atoms with van der Waals surface area (Å²) in [4.78, 5) is 4.35. The van der Waals surface area contributed by atoms with Crippen LogP contribution in [0, 0.1) is 18.7 Å². The predicted molar refractivity (Wildman–Crippen MR) is 115 cm³/mol. The number of hydrogen-bond acceptors (Lipinski definition) is 6. The van der Waals surface area contributed by atoms with Crippen LogP contribution >= 0.6 is 0 Å². The molecule has 2 fully saturated rings. The van der Waals surface area contributed by atoms with Gasteiger partial charge in [0.2, 0.25) is 10.0 Å². The Morgan fingerprint density at radius 1 is 0.900 bits per heavy atom. The first-order valence-corrected chi connectivity index (χ1v) is 11.9. The molecule has 1 aromatic heterocycles. The second-order valence-corrected chi connectivity index (χ2v) is 10.1. The third-order valence-electron chi connectivity index (χ3n) is 6.07. The Kier molecular flexibility index (Phi) is 5.92. The average Bonchev–Trinajstić information content (AvgIpc) is 2.76. The van der Waals surface area contributed by atoms with Crippen molar-refractivity contribution in [3.8, 4) is 0 Å². The highest BCUT2D eigenvalue weighted by Gasteiger charge is 2.30. The number of halogens is 1. The van der Waals surface area contributed by atoms with Gasteiger partial charge in [-0.1, -0.05) is 13.0 Å². The Bertz CT molecular complexity index is 983. The van der Waals surface area contributed by atoms with E-state index in [9.17, 15) is 12.8 Å². The summed E-state index contributed by atoms with van der Waals surface area (Å²) in [6, 6.07) is 7.83. The fourth-order valence-corrected chi connectivity index (χ4v) is 5.70. The van der Waals surface area contributed by atoms with Crippen molar-refractivity contribution >= 4 is 21.7 Å². The Hall–Kier alpha value is -2.26. The van der Waals surface area contributed by atoms with Crippen molar-refractivity contribution in [2.75, 3.05) is 49.1 Å². The number of aryl methyl sites for hydroxylation is 1. The van der Waals surface area contributed by atoms with E-state index in [0.29, 0.717) is 31.7 Å². The van der Waals surface area contributed by atoms with Crippen molar-refractivity contribution in [2.45, 2.75) is 31.6 Å². The molecule has 2 aliphatic heterocycles. The highest BCUT2D eigenvalue weighted by atomic mass is 32.2. The largest absolute Gasteiger partial charge is 0.355 e. The first kappa shape index (κ1) is 21.0. The van der Waals surface area contributed by atoms with E-state index < -0.39 is 15.8 Å². The lowest BCUT2D eigenvalue weighted by molar-refractivity contribution is 0.383. The highest BCUT2D eigenvalue weighted by Crippen LogP contribution is 2.25. The molecule has 0 radical (unpaired) electrons. The molecule has 0 amide bonds. The number of rotatable bonds is 4. The molecule has 2 aromatic rings. The number of benzene rings is 1. The van der Waals surface area contributed by atoms with Crippen LogP contribution in [-0.2, 0) is 10.0 Å². The molecule has 4 rings (SSSR count). The van der Waals surface area contributed by atoms with Gasteiger partial charge in [-0.15, -0.1) is 10.2 Å². The van der Waals surface area contributed by atoms with E-state index >= 15 is 0 Å². The van der Waals surface area contributed by atoms with Gasteiger partial charge in [0, 0.05) is 39.3 Å². The van der Waals surface area contributed by atoms with Crippen molar-refractivity contribution in [1.29, 1.82) is 0 Å². The molecule has 0 spiro atoms. The minimum Gasteiger partial charge on any atom is -0.355 e. The van der Waals surface area contributed by atoms with Gasteiger partial charge in [0.15, 0.2) is 11.6 Å². The topological polar surface area (TPSA) is 69.6 Å². The number of piperidine rings is 1. The highest BCUT2D eigenvalue weighted by molar-refractivity contribution is 7.89. The van der Waals surface area contributed by atoms with Gasteiger partial charge in [-0.3, -0.25) is 0 Å². The van der Waals surface area contributed by atoms with Crippen LogP contribution in [0.2, 0.25) is 0 Å². The lowest BCUT2D eigenvalue weighted by Crippen LogP contribution is -2.49. The van der Waals surface area contributed by atoms with Gasteiger partial charge >= 0.3 is 0 Å². The summed E-state index contributed by atoms with van der Waals surface area (Å²) in [5.74, 6) is 1.87. The van der Waals surface area contributed by atoms with Crippen LogP contribution in [-0.4, -0.2) is 62.2 Å². The molecule has 0 bridgehead atoms. The molecule has 30 heavy (non-hydrogen) atoms. The van der Waals surface area contributed by atoms with Crippen LogP contribution in [0.25, 0.3) is 0 Å². The maximum Gasteiger partial charge on any atom is 0.243 e. The van der Waals surface area contributed by atoms with Crippen LogP contribution in [0.5, 0.6) is 0 Å². The fraction of sp³-hybridized carbons (Fsp3) is 0.524. The molecule has 9 heteroatoms. The second kappa shape index (κ2) is 8.47. The van der Waals surface area contributed by atoms with Gasteiger partial charge in [-0.05, 0) is 55.5 Å². The number of nitrogens with zero attached hydrogens (tertiary/aromatic N) is 5. The van der Waals surface area contributed by atoms with E-state index in [1.807, 2.05) is 17.0 Å². The summed E-state index contributed by atoms with van der Waals surface area (Å²) in [6.45, 7) is 7.66. The van der Waals surface area contributed by atoms with E-state index in [4.69, 9.17) is 0 Å². The number of anilines is 2. The Labute approximate surface area is 177 Å². The lowest BCUT2D eigenvalue weighted by Gasteiger charge is -2.35. The smallest absolute Gasteiger partial charge is 0.243 e. The van der Waals surface area contributed by atoms with E-state index in [0.717, 1.165) is 36.7 Å². The van der Waals surface area contributed by atoms with E-state index in [-0.39, 0.29) is 4.90 Å². The molecule has 0 atom stereocenters. The number of hydrogen-bond donors (Lipinski definition) is 0. The van der Waals surface area contributed by atoms with Gasteiger partial charge < -0.3 is 9.80 Å². The lowest BCUT2D eigenvalue weighted by atomic mass is 9.99. The normalized spacial score (nSPS) is 19.3. The zero-order chi connectivity index (χ0) is 21.3. The molecule has 3 heterocycles. The molecule has 2 saturated heterocycles. The Balaban J connectivity index is 1.40. The molecule has 2 aliphatic rings. The van der Waals surface area contributed by atoms with E-state index in [2.05, 4.69) is 22.0 Å². The zero-order valence-electron chi connectivity index (χ0n) is 17.5. The van der Waals surface area contributed by atoms with Gasteiger partial charge in [-0.25, -0.2) is 12.8 Å². The van der Waals surface area contributed by atoms with Crippen LogP contribution in [0.4, 0.5) is 16.0 Å². The molecule has 7 nitrogen and oxygen atoms in total. The summed E-state index contributed by atoms with van der Waals surface area (Å²) in [6.07, 6.45) is 2.34. The predicted octanol–water partition coefficient (Wildman–Crippen LogP) is 2.67. The molecule has 0 aliphatic carbocycles. The SMILES string of the molecule is Cc1ccc(F)cc1S(=O)(=O)N1CCN(c2ccc(N3CCC(C)CC3)nn2)CC1.